The summed E-state index contributed by atoms with van der Waals surface area (Å²) in [5, 5.41) is 10.8. The molecule has 4 heteroatoms. The predicted octanol–water partition coefficient (Wildman–Crippen LogP) is 3.01. The predicted molar refractivity (Wildman–Crippen MR) is 74.8 cm³/mol. The van der Waals surface area contributed by atoms with E-state index in [1.165, 1.54) is 6.07 Å². The lowest BCUT2D eigenvalue weighted by Crippen LogP contribution is -2.35. The lowest BCUT2D eigenvalue weighted by molar-refractivity contribution is -0.385. The molecule has 0 radical (unpaired) electrons. The van der Waals surface area contributed by atoms with Crippen molar-refractivity contribution in [3.63, 3.8) is 0 Å². The van der Waals surface area contributed by atoms with Gasteiger partial charge in [0.1, 0.15) is 0 Å². The Kier molecular flexibility index (Phi) is 3.62. The van der Waals surface area contributed by atoms with Crippen molar-refractivity contribution in [2.24, 2.45) is 5.73 Å². The topological polar surface area (TPSA) is 69.2 Å². The smallest absolute Gasteiger partial charge is 0.269 e. The molecule has 0 aliphatic rings. The molecule has 0 saturated heterocycles. The Morgan fingerprint density at radius 2 is 1.84 bits per heavy atom. The number of nitrogens with zero attached hydrogens (tertiary/aromatic N) is 1. The van der Waals surface area contributed by atoms with Crippen LogP contribution in [0.1, 0.15) is 18.1 Å². The lowest BCUT2D eigenvalue weighted by atomic mass is 9.86. The van der Waals surface area contributed by atoms with Crippen molar-refractivity contribution in [2.75, 3.05) is 0 Å². The molecule has 0 aliphatic heterocycles. The molecule has 2 aromatic carbocycles. The normalized spacial score (nSPS) is 13.8. The second-order valence-electron chi connectivity index (χ2n) is 4.89. The molecule has 0 saturated carbocycles. The summed E-state index contributed by atoms with van der Waals surface area (Å²) in [6.45, 7) is 1.89. The number of nitro groups is 1. The Labute approximate surface area is 112 Å². The Bertz CT molecular complexity index is 580. The zero-order chi connectivity index (χ0) is 13.9. The van der Waals surface area contributed by atoms with E-state index in [-0.39, 0.29) is 5.69 Å². The van der Waals surface area contributed by atoms with Gasteiger partial charge in [0.05, 0.1) is 4.92 Å². The molecule has 0 heterocycles. The zero-order valence-electron chi connectivity index (χ0n) is 10.7. The van der Waals surface area contributed by atoms with Crippen LogP contribution in [0.25, 0.3) is 0 Å². The van der Waals surface area contributed by atoms with Crippen LogP contribution in [0.4, 0.5) is 5.69 Å². The fraction of sp³-hybridized carbons (Fsp3) is 0.200. The summed E-state index contributed by atoms with van der Waals surface area (Å²) in [6.07, 6.45) is 0.634. The van der Waals surface area contributed by atoms with E-state index < -0.39 is 10.5 Å². The summed E-state index contributed by atoms with van der Waals surface area (Å²) < 4.78 is 0. The summed E-state index contributed by atoms with van der Waals surface area (Å²) in [7, 11) is 0. The second kappa shape index (κ2) is 5.20. The molecule has 98 valence electrons. The molecular weight excluding hydrogens is 240 g/mol. The van der Waals surface area contributed by atoms with Crippen molar-refractivity contribution in [1.29, 1.82) is 0 Å². The van der Waals surface area contributed by atoms with Crippen LogP contribution in [-0.4, -0.2) is 4.92 Å². The van der Waals surface area contributed by atoms with Crippen molar-refractivity contribution in [3.05, 3.63) is 75.8 Å². The van der Waals surface area contributed by atoms with E-state index >= 15 is 0 Å². The molecule has 1 atom stereocenters. The summed E-state index contributed by atoms with van der Waals surface area (Å²) >= 11 is 0. The van der Waals surface area contributed by atoms with Crippen LogP contribution in [0.5, 0.6) is 0 Å². The third-order valence-electron chi connectivity index (χ3n) is 3.13. The molecule has 0 bridgehead atoms. The van der Waals surface area contributed by atoms with Crippen LogP contribution in [0.3, 0.4) is 0 Å². The van der Waals surface area contributed by atoms with Gasteiger partial charge in [-0.15, -0.1) is 0 Å². The minimum Gasteiger partial charge on any atom is -0.321 e. The quantitative estimate of drug-likeness (QED) is 0.675. The van der Waals surface area contributed by atoms with Gasteiger partial charge in [0.15, 0.2) is 0 Å². The van der Waals surface area contributed by atoms with E-state index in [0.717, 1.165) is 11.1 Å². The molecule has 19 heavy (non-hydrogen) atoms. The molecule has 0 spiro atoms. The minimum absolute atomic E-state index is 0.0715. The highest BCUT2D eigenvalue weighted by molar-refractivity contribution is 5.38. The first kappa shape index (κ1) is 13.2. The highest BCUT2D eigenvalue weighted by Gasteiger charge is 2.23. The summed E-state index contributed by atoms with van der Waals surface area (Å²) in [5.74, 6) is 0. The standard InChI is InChI=1S/C15H16N2O2/c1-15(16,11-12-6-3-2-4-7-12)13-8-5-9-14(10-13)17(18)19/h2-10H,11,16H2,1H3. The number of nitro benzene ring substituents is 1. The first-order chi connectivity index (χ1) is 8.99. The number of non-ortho nitro benzene ring substituents is 1. The fourth-order valence-electron chi connectivity index (χ4n) is 2.10. The van der Waals surface area contributed by atoms with Gasteiger partial charge < -0.3 is 5.73 Å². The van der Waals surface area contributed by atoms with Gasteiger partial charge in [-0.3, -0.25) is 10.1 Å². The molecule has 2 aromatic rings. The fourth-order valence-corrected chi connectivity index (χ4v) is 2.10. The molecule has 2 rings (SSSR count). The maximum Gasteiger partial charge on any atom is 0.269 e. The van der Waals surface area contributed by atoms with Crippen LogP contribution in [0.15, 0.2) is 54.6 Å². The molecular formula is C15H16N2O2. The first-order valence-electron chi connectivity index (χ1n) is 6.07. The largest absolute Gasteiger partial charge is 0.321 e. The van der Waals surface area contributed by atoms with Crippen LogP contribution in [0, 0.1) is 10.1 Å². The van der Waals surface area contributed by atoms with Gasteiger partial charge in [0.25, 0.3) is 5.69 Å². The first-order valence-corrected chi connectivity index (χ1v) is 6.07. The molecule has 4 nitrogen and oxygen atoms in total. The van der Waals surface area contributed by atoms with Crippen molar-refractivity contribution in [2.45, 2.75) is 18.9 Å². The molecule has 0 aromatic heterocycles. The van der Waals surface area contributed by atoms with Gasteiger partial charge in [-0.05, 0) is 24.5 Å². The highest BCUT2D eigenvalue weighted by Crippen LogP contribution is 2.25. The van der Waals surface area contributed by atoms with Gasteiger partial charge in [-0.2, -0.15) is 0 Å². The Balaban J connectivity index is 2.28. The van der Waals surface area contributed by atoms with E-state index in [1.54, 1.807) is 12.1 Å². The monoisotopic (exact) mass is 256 g/mol. The van der Waals surface area contributed by atoms with E-state index in [1.807, 2.05) is 43.3 Å². The van der Waals surface area contributed by atoms with E-state index in [9.17, 15) is 10.1 Å². The molecule has 0 amide bonds. The summed E-state index contributed by atoms with van der Waals surface area (Å²) in [5.41, 5.74) is 7.64. The van der Waals surface area contributed by atoms with Crippen LogP contribution in [-0.2, 0) is 12.0 Å². The van der Waals surface area contributed by atoms with Gasteiger partial charge in [0, 0.05) is 17.7 Å². The van der Waals surface area contributed by atoms with Gasteiger partial charge in [-0.25, -0.2) is 0 Å². The number of rotatable bonds is 4. The van der Waals surface area contributed by atoms with Crippen molar-refractivity contribution >= 4 is 5.69 Å². The zero-order valence-corrected chi connectivity index (χ0v) is 10.7. The third kappa shape index (κ3) is 3.17. The SMILES string of the molecule is CC(N)(Cc1ccccc1)c1cccc([N+](=O)[O-])c1. The Morgan fingerprint density at radius 1 is 1.16 bits per heavy atom. The van der Waals surface area contributed by atoms with E-state index in [4.69, 9.17) is 5.73 Å². The van der Waals surface area contributed by atoms with Crippen LogP contribution >= 0.6 is 0 Å². The minimum atomic E-state index is -0.632. The third-order valence-corrected chi connectivity index (χ3v) is 3.13. The Morgan fingerprint density at radius 3 is 2.47 bits per heavy atom. The summed E-state index contributed by atoms with van der Waals surface area (Å²) in [4.78, 5) is 10.4. The average molecular weight is 256 g/mol. The van der Waals surface area contributed by atoms with Gasteiger partial charge in [0.2, 0.25) is 0 Å². The van der Waals surface area contributed by atoms with E-state index in [2.05, 4.69) is 0 Å². The van der Waals surface area contributed by atoms with Crippen molar-refractivity contribution in [1.82, 2.24) is 0 Å². The van der Waals surface area contributed by atoms with Crippen molar-refractivity contribution in [3.8, 4) is 0 Å². The number of benzene rings is 2. The number of hydrogen-bond donors (Lipinski definition) is 1. The van der Waals surface area contributed by atoms with Gasteiger partial charge in [-0.1, -0.05) is 42.5 Å². The van der Waals surface area contributed by atoms with Crippen LogP contribution in [0.2, 0.25) is 0 Å². The summed E-state index contributed by atoms with van der Waals surface area (Å²) in [6, 6.07) is 16.4. The number of nitrogens with two attached hydrogens (primary N) is 1. The van der Waals surface area contributed by atoms with Gasteiger partial charge >= 0.3 is 0 Å². The average Bonchev–Trinajstić information content (AvgIpc) is 2.39. The highest BCUT2D eigenvalue weighted by atomic mass is 16.6. The van der Waals surface area contributed by atoms with Crippen LogP contribution < -0.4 is 5.73 Å². The Hall–Kier alpha value is -2.20. The van der Waals surface area contributed by atoms with Crippen molar-refractivity contribution < 1.29 is 4.92 Å². The maximum atomic E-state index is 10.8. The number of hydrogen-bond acceptors (Lipinski definition) is 3. The maximum absolute atomic E-state index is 10.8. The molecule has 0 aliphatic carbocycles. The second-order valence-corrected chi connectivity index (χ2v) is 4.89. The molecule has 2 N–H and O–H groups in total. The molecule has 0 fully saturated rings. The lowest BCUT2D eigenvalue weighted by Gasteiger charge is -2.25. The molecule has 1 unspecified atom stereocenters. The van der Waals surface area contributed by atoms with E-state index in [0.29, 0.717) is 6.42 Å².